The molecule has 3 fully saturated rings. The first-order valence-electron chi connectivity index (χ1n) is 16.8. The third-order valence-corrected chi connectivity index (χ3v) is 10.8. The van der Waals surface area contributed by atoms with Crippen molar-refractivity contribution >= 4 is 29.6 Å². The number of hydrogen-bond donors (Lipinski definition) is 3. The summed E-state index contributed by atoms with van der Waals surface area (Å²) in [5, 5.41) is 26.2. The van der Waals surface area contributed by atoms with Gasteiger partial charge in [0.25, 0.3) is 0 Å². The fourth-order valence-corrected chi connectivity index (χ4v) is 8.92. The number of amides is 1. The predicted octanol–water partition coefficient (Wildman–Crippen LogP) is 4.37. The molecule has 4 aliphatic carbocycles. The van der Waals surface area contributed by atoms with Gasteiger partial charge in [-0.3, -0.25) is 14.4 Å². The average molecular weight is 660 g/mol. The van der Waals surface area contributed by atoms with Crippen molar-refractivity contribution in [2.45, 2.75) is 130 Å². The zero-order valence-corrected chi connectivity index (χ0v) is 29.3. The van der Waals surface area contributed by atoms with E-state index < -0.39 is 70.2 Å². The summed E-state index contributed by atoms with van der Waals surface area (Å²) >= 11 is 0. The summed E-state index contributed by atoms with van der Waals surface area (Å²) < 4.78 is 16.0. The number of fused-ring (bicyclic) bond motifs is 5. The molecule has 0 saturated heterocycles. The lowest BCUT2D eigenvalue weighted by Gasteiger charge is -2.60. The van der Waals surface area contributed by atoms with E-state index in [2.05, 4.69) is 19.2 Å². The Bertz CT molecular complexity index is 1350. The number of carbonyl (C=O) groups excluding carboxylic acids is 5. The number of Topliss-reactive ketones (excluding diaryl/α,β-unsaturated/α-hetero) is 1. The SMILES string of the molecule is C[C@H]1C[C@@H]2[C@H]([C@H](O)C[C@@]3(C)[C@H]2CC[C@]3(O)C(=O)COC(=O)[C@@H](CCC(=O)OC(C)(C)C)NC(=O)OC(C)(C)C)[C@@]2(C)C=CC(=O)C=C12. The van der Waals surface area contributed by atoms with Crippen molar-refractivity contribution in [1.29, 1.82) is 0 Å². The molecule has 0 spiro atoms. The molecule has 262 valence electrons. The van der Waals surface area contributed by atoms with Gasteiger partial charge in [-0.05, 0) is 104 Å². The van der Waals surface area contributed by atoms with Gasteiger partial charge in [0.2, 0.25) is 5.78 Å². The van der Waals surface area contributed by atoms with Gasteiger partial charge in [-0.25, -0.2) is 9.59 Å². The number of alkyl carbamates (subject to hydrolysis) is 1. The van der Waals surface area contributed by atoms with Gasteiger partial charge in [-0.15, -0.1) is 0 Å². The summed E-state index contributed by atoms with van der Waals surface area (Å²) in [7, 11) is 0. The van der Waals surface area contributed by atoms with Crippen LogP contribution in [0.2, 0.25) is 0 Å². The molecule has 11 nitrogen and oxygen atoms in total. The first-order chi connectivity index (χ1) is 21.5. The Morgan fingerprint density at radius 1 is 1.06 bits per heavy atom. The largest absolute Gasteiger partial charge is 0.460 e. The third kappa shape index (κ3) is 7.36. The quantitative estimate of drug-likeness (QED) is 0.252. The number of ketones is 2. The second kappa shape index (κ2) is 12.8. The average Bonchev–Trinajstić information content (AvgIpc) is 3.19. The predicted molar refractivity (Wildman–Crippen MR) is 172 cm³/mol. The van der Waals surface area contributed by atoms with Crippen LogP contribution in [0.15, 0.2) is 23.8 Å². The van der Waals surface area contributed by atoms with E-state index in [1.54, 1.807) is 53.7 Å². The molecule has 1 amide bonds. The number of aliphatic hydroxyl groups is 2. The molecule has 0 radical (unpaired) electrons. The Morgan fingerprint density at radius 2 is 1.70 bits per heavy atom. The maximum absolute atomic E-state index is 13.8. The van der Waals surface area contributed by atoms with E-state index in [0.29, 0.717) is 6.42 Å². The van der Waals surface area contributed by atoms with Gasteiger partial charge >= 0.3 is 18.0 Å². The molecule has 0 aliphatic heterocycles. The molecule has 0 aromatic rings. The molecule has 11 heteroatoms. The van der Waals surface area contributed by atoms with Gasteiger partial charge < -0.3 is 29.7 Å². The molecule has 3 saturated carbocycles. The first-order valence-corrected chi connectivity index (χ1v) is 16.8. The van der Waals surface area contributed by atoms with E-state index in [4.69, 9.17) is 14.2 Å². The minimum atomic E-state index is -1.85. The zero-order valence-electron chi connectivity index (χ0n) is 29.3. The lowest BCUT2D eigenvalue weighted by molar-refractivity contribution is -0.183. The van der Waals surface area contributed by atoms with Crippen LogP contribution in [-0.2, 0) is 33.4 Å². The highest BCUT2D eigenvalue weighted by atomic mass is 16.6. The van der Waals surface area contributed by atoms with Crippen molar-refractivity contribution in [2.75, 3.05) is 6.61 Å². The van der Waals surface area contributed by atoms with Crippen LogP contribution in [0.25, 0.3) is 0 Å². The van der Waals surface area contributed by atoms with E-state index in [1.165, 1.54) is 0 Å². The molecule has 3 N–H and O–H groups in total. The van der Waals surface area contributed by atoms with Crippen molar-refractivity contribution in [3.05, 3.63) is 23.8 Å². The van der Waals surface area contributed by atoms with Crippen LogP contribution in [0.4, 0.5) is 4.79 Å². The van der Waals surface area contributed by atoms with Crippen LogP contribution in [0.1, 0.15) is 101 Å². The van der Waals surface area contributed by atoms with Gasteiger partial charge in [0.15, 0.2) is 12.4 Å². The van der Waals surface area contributed by atoms with Crippen molar-refractivity contribution < 1.29 is 48.4 Å². The van der Waals surface area contributed by atoms with E-state index >= 15 is 0 Å². The van der Waals surface area contributed by atoms with Crippen LogP contribution in [0.5, 0.6) is 0 Å². The zero-order chi connectivity index (χ0) is 35.3. The van der Waals surface area contributed by atoms with Gasteiger partial charge in [0, 0.05) is 23.2 Å². The van der Waals surface area contributed by atoms with Crippen LogP contribution in [-0.4, -0.2) is 75.4 Å². The van der Waals surface area contributed by atoms with Crippen LogP contribution >= 0.6 is 0 Å². The second-order valence-corrected chi connectivity index (χ2v) is 16.5. The summed E-state index contributed by atoms with van der Waals surface area (Å²) in [4.78, 5) is 64.2. The van der Waals surface area contributed by atoms with E-state index in [0.717, 1.165) is 12.0 Å². The lowest BCUT2D eigenvalue weighted by Crippen LogP contribution is -2.62. The highest BCUT2D eigenvalue weighted by Crippen LogP contribution is 2.67. The molecule has 0 bridgehead atoms. The number of nitrogens with one attached hydrogen (secondary N) is 1. The summed E-state index contributed by atoms with van der Waals surface area (Å²) in [5.74, 6) is -2.43. The Kier molecular flexibility index (Phi) is 9.99. The molecule has 4 aliphatic rings. The molecule has 0 unspecified atom stereocenters. The molecule has 0 aromatic carbocycles. The Morgan fingerprint density at radius 3 is 2.32 bits per heavy atom. The van der Waals surface area contributed by atoms with E-state index in [1.807, 2.05) is 13.0 Å². The monoisotopic (exact) mass is 659 g/mol. The number of allylic oxidation sites excluding steroid dienone is 4. The van der Waals surface area contributed by atoms with Crippen LogP contribution in [0, 0.1) is 34.5 Å². The smallest absolute Gasteiger partial charge is 0.408 e. The topological polar surface area (TPSA) is 166 Å². The lowest BCUT2D eigenvalue weighted by atomic mass is 9.45. The van der Waals surface area contributed by atoms with Crippen LogP contribution < -0.4 is 5.32 Å². The number of aliphatic hydroxyl groups excluding tert-OH is 1. The Hall–Kier alpha value is -3.05. The molecule has 4 rings (SSSR count). The summed E-state index contributed by atoms with van der Waals surface area (Å²) in [5.41, 5.74) is -3.91. The van der Waals surface area contributed by atoms with Gasteiger partial charge in [0.1, 0.15) is 22.8 Å². The van der Waals surface area contributed by atoms with Crippen LogP contribution in [0.3, 0.4) is 0 Å². The normalized spacial score (nSPS) is 35.4. The molecule has 0 heterocycles. The summed E-state index contributed by atoms with van der Waals surface area (Å²) in [6.07, 6.45) is 4.70. The van der Waals surface area contributed by atoms with Crippen molar-refractivity contribution in [3.8, 4) is 0 Å². The summed E-state index contributed by atoms with van der Waals surface area (Å²) in [6.45, 7) is 15.4. The maximum Gasteiger partial charge on any atom is 0.408 e. The first kappa shape index (κ1) is 36.8. The fraction of sp³-hybridized carbons (Fsp3) is 0.750. The number of carbonyl (C=O) groups is 5. The van der Waals surface area contributed by atoms with Crippen molar-refractivity contribution in [3.63, 3.8) is 0 Å². The number of hydrogen-bond acceptors (Lipinski definition) is 10. The minimum Gasteiger partial charge on any atom is -0.460 e. The third-order valence-electron chi connectivity index (χ3n) is 10.8. The highest BCUT2D eigenvalue weighted by molar-refractivity contribution is 6.01. The second-order valence-electron chi connectivity index (χ2n) is 16.5. The van der Waals surface area contributed by atoms with Gasteiger partial charge in [0.05, 0.1) is 6.10 Å². The van der Waals surface area contributed by atoms with E-state index in [-0.39, 0.29) is 55.1 Å². The van der Waals surface area contributed by atoms with E-state index in [9.17, 15) is 34.2 Å². The number of ether oxygens (including phenoxy) is 3. The number of rotatable bonds is 8. The Balaban J connectivity index is 1.48. The maximum atomic E-state index is 13.8. The Labute approximate surface area is 277 Å². The molecular weight excluding hydrogens is 606 g/mol. The van der Waals surface area contributed by atoms with Crippen molar-refractivity contribution in [1.82, 2.24) is 5.32 Å². The van der Waals surface area contributed by atoms with Gasteiger partial charge in [-0.2, -0.15) is 0 Å². The standard InChI is InChI=1S/C36H53NO10/c1-20-16-22-23-13-15-36(44,35(23,9)18-26(39)29(22)34(8)14-12-21(38)17-24(20)34)27(40)19-45-30(42)25(37-31(43)47-33(5,6)7)10-11-28(41)46-32(2,3)4/h12,14,17,20,22-23,25-26,29,39,44H,10-11,13,15-16,18-19H2,1-9H3,(H,37,43)/t20-,22-,23-,25+,26+,29+,34-,35-,36-/m0/s1. The molecule has 0 aromatic heterocycles. The molecule has 9 atom stereocenters. The van der Waals surface area contributed by atoms with Crippen molar-refractivity contribution in [2.24, 2.45) is 34.5 Å². The highest BCUT2D eigenvalue weighted by Gasteiger charge is 2.68. The van der Waals surface area contributed by atoms with Gasteiger partial charge in [-0.1, -0.05) is 32.4 Å². The molecular formula is C36H53NO10. The fourth-order valence-electron chi connectivity index (χ4n) is 8.92. The number of esters is 2. The minimum absolute atomic E-state index is 0.00149. The molecule has 47 heavy (non-hydrogen) atoms. The summed E-state index contributed by atoms with van der Waals surface area (Å²) in [6, 6.07) is -1.31.